The molecule has 0 unspecified atom stereocenters. The van der Waals surface area contributed by atoms with Gasteiger partial charge >= 0.3 is 0 Å². The second-order valence-corrected chi connectivity index (χ2v) is 5.30. The number of nitrogen functional groups attached to an aromatic ring is 1. The number of amides is 2. The van der Waals surface area contributed by atoms with E-state index < -0.39 is 11.8 Å². The molecule has 0 saturated heterocycles. The number of hydrogen-bond acceptors (Lipinski definition) is 5. The second kappa shape index (κ2) is 7.63. The molecule has 0 radical (unpaired) electrons. The Morgan fingerprint density at radius 2 is 1.96 bits per heavy atom. The lowest BCUT2D eigenvalue weighted by Gasteiger charge is -2.10. The molecular weight excluding hydrogens is 308 g/mol. The van der Waals surface area contributed by atoms with Crippen LogP contribution in [0.2, 0.25) is 0 Å². The van der Waals surface area contributed by atoms with E-state index in [1.54, 1.807) is 31.3 Å². The van der Waals surface area contributed by atoms with Gasteiger partial charge in [-0.15, -0.1) is 0 Å². The highest BCUT2D eigenvalue weighted by Crippen LogP contribution is 2.20. The molecule has 7 nitrogen and oxygen atoms in total. The van der Waals surface area contributed by atoms with E-state index in [2.05, 4.69) is 10.4 Å². The van der Waals surface area contributed by atoms with Gasteiger partial charge < -0.3 is 10.5 Å². The maximum absolute atomic E-state index is 12.4. The summed E-state index contributed by atoms with van der Waals surface area (Å²) >= 11 is 0. The van der Waals surface area contributed by atoms with Crippen molar-refractivity contribution in [2.24, 2.45) is 7.05 Å². The van der Waals surface area contributed by atoms with E-state index in [-0.39, 0.29) is 5.69 Å². The lowest BCUT2D eigenvalue weighted by atomic mass is 10.1. The molecule has 24 heavy (non-hydrogen) atoms. The number of aromatic nitrogens is 2. The Labute approximate surface area is 140 Å². The third-order valence-corrected chi connectivity index (χ3v) is 3.52. The smallest absolute Gasteiger partial charge is 0.278 e. The molecule has 2 amide bonds. The minimum atomic E-state index is -0.582. The number of anilines is 1. The van der Waals surface area contributed by atoms with Gasteiger partial charge in [0.25, 0.3) is 11.8 Å². The Morgan fingerprint density at radius 1 is 1.25 bits per heavy atom. The molecule has 2 rings (SSSR count). The van der Waals surface area contributed by atoms with E-state index in [0.29, 0.717) is 35.7 Å². The fraction of sp³-hybridized carbons (Fsp3) is 0.353. The molecule has 0 atom stereocenters. The van der Waals surface area contributed by atoms with Crippen molar-refractivity contribution in [2.75, 3.05) is 12.3 Å². The van der Waals surface area contributed by atoms with Crippen molar-refractivity contribution in [1.82, 2.24) is 15.1 Å². The number of hydrogen-bond donors (Lipinski definition) is 2. The van der Waals surface area contributed by atoms with Gasteiger partial charge in [-0.05, 0) is 25.5 Å². The number of carbonyl (C=O) groups is 2. The molecule has 0 spiro atoms. The minimum absolute atomic E-state index is 0.181. The second-order valence-electron chi connectivity index (χ2n) is 5.30. The summed E-state index contributed by atoms with van der Waals surface area (Å²) < 4.78 is 6.81. The number of para-hydroxylation sites is 1. The maximum atomic E-state index is 12.4. The normalized spacial score (nSPS) is 10.5. The first-order valence-electron chi connectivity index (χ1n) is 7.88. The van der Waals surface area contributed by atoms with Gasteiger partial charge in [0.1, 0.15) is 11.4 Å². The number of nitrogens with two attached hydrogens (primary N) is 1. The molecule has 0 saturated carbocycles. The predicted molar refractivity (Wildman–Crippen MR) is 91.0 cm³/mol. The molecular formula is C17H22N4O3. The standard InChI is InChI=1S/C17H22N4O3/c1-4-8-12-14(18)15(21(3)20-12)17(23)19-16(22)11-9-6-7-10-13(11)24-5-2/h6-7,9-10H,4-5,8,18H2,1-3H3,(H,19,22,23). The zero-order valence-corrected chi connectivity index (χ0v) is 14.1. The third kappa shape index (κ3) is 3.56. The predicted octanol–water partition coefficient (Wildman–Crippen LogP) is 1.92. The summed E-state index contributed by atoms with van der Waals surface area (Å²) in [6.45, 7) is 4.25. The molecule has 128 valence electrons. The first-order valence-corrected chi connectivity index (χ1v) is 7.88. The number of imide groups is 1. The Hall–Kier alpha value is -2.83. The number of nitrogens with one attached hydrogen (secondary N) is 1. The van der Waals surface area contributed by atoms with Crippen LogP contribution in [0.4, 0.5) is 5.69 Å². The average Bonchev–Trinajstić information content (AvgIpc) is 2.82. The number of carbonyl (C=O) groups excluding carboxylic acids is 2. The zero-order chi connectivity index (χ0) is 17.7. The van der Waals surface area contributed by atoms with Crippen LogP contribution in [0.25, 0.3) is 0 Å². The van der Waals surface area contributed by atoms with Crippen LogP contribution in [0, 0.1) is 0 Å². The molecule has 3 N–H and O–H groups in total. The van der Waals surface area contributed by atoms with E-state index in [4.69, 9.17) is 10.5 Å². The summed E-state index contributed by atoms with van der Waals surface area (Å²) in [5.41, 5.74) is 7.45. The summed E-state index contributed by atoms with van der Waals surface area (Å²) in [6, 6.07) is 6.75. The molecule has 1 aromatic heterocycles. The average molecular weight is 330 g/mol. The van der Waals surface area contributed by atoms with Crippen molar-refractivity contribution in [3.8, 4) is 5.75 Å². The van der Waals surface area contributed by atoms with Crippen LogP contribution in [-0.2, 0) is 13.5 Å². The number of aryl methyl sites for hydroxylation is 2. The van der Waals surface area contributed by atoms with Crippen molar-refractivity contribution in [3.05, 3.63) is 41.2 Å². The number of benzene rings is 1. The van der Waals surface area contributed by atoms with Gasteiger partial charge in [-0.25, -0.2) is 0 Å². The monoisotopic (exact) mass is 330 g/mol. The summed E-state index contributed by atoms with van der Waals surface area (Å²) in [5, 5.41) is 6.59. The topological polar surface area (TPSA) is 99.2 Å². The molecule has 7 heteroatoms. The maximum Gasteiger partial charge on any atom is 0.278 e. The molecule has 1 aromatic carbocycles. The molecule has 0 aliphatic rings. The fourth-order valence-corrected chi connectivity index (χ4v) is 2.45. The van der Waals surface area contributed by atoms with Crippen molar-refractivity contribution in [1.29, 1.82) is 0 Å². The number of rotatable bonds is 6. The summed E-state index contributed by atoms with van der Waals surface area (Å²) in [4.78, 5) is 24.8. The van der Waals surface area contributed by atoms with Gasteiger partial charge in [0.2, 0.25) is 0 Å². The van der Waals surface area contributed by atoms with Crippen molar-refractivity contribution in [2.45, 2.75) is 26.7 Å². The molecule has 1 heterocycles. The van der Waals surface area contributed by atoms with E-state index >= 15 is 0 Å². The van der Waals surface area contributed by atoms with E-state index in [1.165, 1.54) is 4.68 Å². The van der Waals surface area contributed by atoms with Crippen molar-refractivity contribution >= 4 is 17.5 Å². The Bertz CT molecular complexity index is 752. The Morgan fingerprint density at radius 3 is 2.62 bits per heavy atom. The van der Waals surface area contributed by atoms with Crippen LogP contribution in [0.1, 0.15) is 46.8 Å². The van der Waals surface area contributed by atoms with E-state index in [1.807, 2.05) is 13.8 Å². The molecule has 0 fully saturated rings. The van der Waals surface area contributed by atoms with Gasteiger partial charge in [-0.3, -0.25) is 19.6 Å². The molecule has 0 aliphatic heterocycles. The highest BCUT2D eigenvalue weighted by molar-refractivity contribution is 6.12. The van der Waals surface area contributed by atoms with Crippen LogP contribution in [0.3, 0.4) is 0 Å². The Kier molecular flexibility index (Phi) is 5.57. The van der Waals surface area contributed by atoms with Crippen LogP contribution in [-0.4, -0.2) is 28.2 Å². The van der Waals surface area contributed by atoms with Crippen molar-refractivity contribution < 1.29 is 14.3 Å². The fourth-order valence-electron chi connectivity index (χ4n) is 2.45. The molecule has 2 aromatic rings. The lowest BCUT2D eigenvalue weighted by molar-refractivity contribution is 0.0842. The van der Waals surface area contributed by atoms with Gasteiger partial charge in [0.05, 0.1) is 23.6 Å². The van der Waals surface area contributed by atoms with Gasteiger partial charge in [0, 0.05) is 7.05 Å². The van der Waals surface area contributed by atoms with Crippen molar-refractivity contribution in [3.63, 3.8) is 0 Å². The van der Waals surface area contributed by atoms with E-state index in [9.17, 15) is 9.59 Å². The largest absolute Gasteiger partial charge is 0.493 e. The summed E-state index contributed by atoms with van der Waals surface area (Å²) in [5.74, 6) is -0.696. The highest BCUT2D eigenvalue weighted by atomic mass is 16.5. The SMILES string of the molecule is CCCc1nn(C)c(C(=O)NC(=O)c2ccccc2OCC)c1N. The Balaban J connectivity index is 2.23. The molecule has 0 aliphatic carbocycles. The number of ether oxygens (including phenoxy) is 1. The van der Waals surface area contributed by atoms with Crippen LogP contribution < -0.4 is 15.8 Å². The van der Waals surface area contributed by atoms with Crippen LogP contribution >= 0.6 is 0 Å². The highest BCUT2D eigenvalue weighted by Gasteiger charge is 2.22. The third-order valence-electron chi connectivity index (χ3n) is 3.52. The van der Waals surface area contributed by atoms with Gasteiger partial charge in [-0.2, -0.15) is 5.10 Å². The first-order chi connectivity index (χ1) is 11.5. The quantitative estimate of drug-likeness (QED) is 0.788. The number of nitrogens with zero attached hydrogens (tertiary/aromatic N) is 2. The van der Waals surface area contributed by atoms with Gasteiger partial charge in [0.15, 0.2) is 0 Å². The van der Waals surface area contributed by atoms with E-state index in [0.717, 1.165) is 6.42 Å². The van der Waals surface area contributed by atoms with Crippen LogP contribution in [0.5, 0.6) is 5.75 Å². The summed E-state index contributed by atoms with van der Waals surface area (Å²) in [7, 11) is 1.63. The summed E-state index contributed by atoms with van der Waals surface area (Å²) in [6.07, 6.45) is 1.54. The molecule has 0 bridgehead atoms. The minimum Gasteiger partial charge on any atom is -0.493 e. The van der Waals surface area contributed by atoms with Gasteiger partial charge in [-0.1, -0.05) is 25.5 Å². The first kappa shape index (κ1) is 17.5. The van der Waals surface area contributed by atoms with Crippen LogP contribution in [0.15, 0.2) is 24.3 Å². The zero-order valence-electron chi connectivity index (χ0n) is 14.1. The lowest BCUT2D eigenvalue weighted by Crippen LogP contribution is -2.32.